The van der Waals surface area contributed by atoms with E-state index in [9.17, 15) is 0 Å². The zero-order chi connectivity index (χ0) is 14.4. The first-order valence-corrected chi connectivity index (χ1v) is 7.40. The molecule has 21 heavy (non-hydrogen) atoms. The molecule has 2 rings (SSSR count). The first kappa shape index (κ1) is 18.1. The quantitative estimate of drug-likeness (QED) is 0.451. The van der Waals surface area contributed by atoms with E-state index in [1.165, 1.54) is 24.8 Å². The van der Waals surface area contributed by atoms with Gasteiger partial charge in [-0.1, -0.05) is 18.2 Å². The van der Waals surface area contributed by atoms with Gasteiger partial charge in [-0.3, -0.25) is 4.99 Å². The van der Waals surface area contributed by atoms with Crippen molar-refractivity contribution < 1.29 is 4.74 Å². The van der Waals surface area contributed by atoms with Crippen LogP contribution in [0.1, 0.15) is 38.7 Å². The summed E-state index contributed by atoms with van der Waals surface area (Å²) in [4.78, 5) is 4.21. The number of hydrogen-bond donors (Lipinski definition) is 2. The summed E-state index contributed by atoms with van der Waals surface area (Å²) in [6.07, 6.45) is 4.05. The van der Waals surface area contributed by atoms with E-state index in [0.717, 1.165) is 18.3 Å². The smallest absolute Gasteiger partial charge is 0.191 e. The largest absolute Gasteiger partial charge is 0.490 e. The highest BCUT2D eigenvalue weighted by atomic mass is 127. The number of halogens is 1. The first-order valence-electron chi connectivity index (χ1n) is 7.40. The van der Waals surface area contributed by atoms with E-state index in [4.69, 9.17) is 4.74 Å². The number of para-hydroxylation sites is 1. The van der Waals surface area contributed by atoms with E-state index < -0.39 is 0 Å². The zero-order valence-electron chi connectivity index (χ0n) is 13.1. The van der Waals surface area contributed by atoms with Gasteiger partial charge >= 0.3 is 0 Å². The van der Waals surface area contributed by atoms with Crippen LogP contribution in [0.2, 0.25) is 0 Å². The number of rotatable bonds is 5. The molecule has 1 aromatic rings. The summed E-state index contributed by atoms with van der Waals surface area (Å²) in [5.74, 6) is 1.81. The van der Waals surface area contributed by atoms with E-state index >= 15 is 0 Å². The molecule has 118 valence electrons. The van der Waals surface area contributed by atoms with E-state index in [1.807, 2.05) is 18.2 Å². The number of nitrogens with one attached hydrogen (secondary N) is 2. The van der Waals surface area contributed by atoms with Gasteiger partial charge in [-0.25, -0.2) is 0 Å². The van der Waals surface area contributed by atoms with Crippen LogP contribution in [0.15, 0.2) is 29.3 Å². The molecule has 0 atom stereocenters. The third-order valence-electron chi connectivity index (χ3n) is 3.41. The van der Waals surface area contributed by atoms with E-state index in [2.05, 4.69) is 35.5 Å². The van der Waals surface area contributed by atoms with Crippen molar-refractivity contribution in [2.24, 2.45) is 4.99 Å². The third-order valence-corrected chi connectivity index (χ3v) is 3.41. The van der Waals surface area contributed by atoms with Crippen molar-refractivity contribution in [2.75, 3.05) is 7.05 Å². The number of nitrogens with zero attached hydrogens (tertiary/aromatic N) is 1. The number of ether oxygens (including phenoxy) is 1. The van der Waals surface area contributed by atoms with E-state index in [0.29, 0.717) is 12.1 Å². The van der Waals surface area contributed by atoms with Gasteiger partial charge < -0.3 is 15.4 Å². The Morgan fingerprint density at radius 2 is 2.05 bits per heavy atom. The summed E-state index contributed by atoms with van der Waals surface area (Å²) in [6.45, 7) is 4.91. The van der Waals surface area contributed by atoms with Crippen LogP contribution in [0, 0.1) is 0 Å². The lowest BCUT2D eigenvalue weighted by Gasteiger charge is -2.27. The highest BCUT2D eigenvalue weighted by Crippen LogP contribution is 2.27. The van der Waals surface area contributed by atoms with Crippen molar-refractivity contribution in [2.45, 2.75) is 51.8 Å². The molecule has 2 N–H and O–H groups in total. The van der Waals surface area contributed by atoms with E-state index in [1.54, 1.807) is 7.05 Å². The van der Waals surface area contributed by atoms with Crippen molar-refractivity contribution in [1.82, 2.24) is 10.6 Å². The average molecular weight is 403 g/mol. The van der Waals surface area contributed by atoms with Gasteiger partial charge in [0, 0.05) is 25.2 Å². The van der Waals surface area contributed by atoms with Gasteiger partial charge in [-0.2, -0.15) is 0 Å². The van der Waals surface area contributed by atoms with Crippen molar-refractivity contribution in [1.29, 1.82) is 0 Å². The summed E-state index contributed by atoms with van der Waals surface area (Å²) >= 11 is 0. The summed E-state index contributed by atoms with van der Waals surface area (Å²) in [6, 6.07) is 8.59. The maximum atomic E-state index is 6.03. The Morgan fingerprint density at radius 3 is 2.62 bits per heavy atom. The minimum Gasteiger partial charge on any atom is -0.490 e. The number of benzene rings is 1. The highest BCUT2D eigenvalue weighted by Gasteiger charge is 2.20. The molecule has 0 saturated heterocycles. The molecule has 4 nitrogen and oxygen atoms in total. The summed E-state index contributed by atoms with van der Waals surface area (Å²) < 4.78 is 6.03. The molecular weight excluding hydrogens is 377 g/mol. The Balaban J connectivity index is 0.00000220. The van der Waals surface area contributed by atoms with Crippen LogP contribution in [0.25, 0.3) is 0 Å². The lowest BCUT2D eigenvalue weighted by molar-refractivity contribution is 0.119. The maximum absolute atomic E-state index is 6.03. The normalized spacial score (nSPS) is 15.1. The molecule has 1 aliphatic rings. The van der Waals surface area contributed by atoms with Gasteiger partial charge in [0.1, 0.15) is 5.75 Å². The maximum Gasteiger partial charge on any atom is 0.191 e. The van der Waals surface area contributed by atoms with Gasteiger partial charge in [0.15, 0.2) is 5.96 Å². The van der Waals surface area contributed by atoms with Crippen LogP contribution in [-0.2, 0) is 6.54 Å². The number of guanidine groups is 1. The minimum absolute atomic E-state index is 0. The van der Waals surface area contributed by atoms with Gasteiger partial charge in [0.05, 0.1) is 6.10 Å². The Kier molecular flexibility index (Phi) is 7.85. The lowest BCUT2D eigenvalue weighted by Crippen LogP contribution is -2.40. The molecule has 1 saturated carbocycles. The highest BCUT2D eigenvalue weighted by molar-refractivity contribution is 14.0. The molecule has 5 heteroatoms. The predicted molar refractivity (Wildman–Crippen MR) is 98.6 cm³/mol. The number of hydrogen-bond acceptors (Lipinski definition) is 2. The fourth-order valence-electron chi connectivity index (χ4n) is 2.08. The molecule has 0 aromatic heterocycles. The molecular formula is C16H26IN3O. The van der Waals surface area contributed by atoms with Gasteiger partial charge in [-0.15, -0.1) is 24.0 Å². The Bertz CT molecular complexity index is 459. The first-order chi connectivity index (χ1) is 9.69. The van der Waals surface area contributed by atoms with Crippen LogP contribution < -0.4 is 15.4 Å². The molecule has 0 amide bonds. The van der Waals surface area contributed by atoms with Crippen LogP contribution >= 0.6 is 24.0 Å². The predicted octanol–water partition coefficient (Wildman–Crippen LogP) is 3.31. The molecule has 0 bridgehead atoms. The SMILES string of the molecule is CN=C(NCc1ccccc1OC1CCC1)NC(C)C.I. The second-order valence-corrected chi connectivity index (χ2v) is 5.50. The molecule has 1 aromatic carbocycles. The van der Waals surface area contributed by atoms with Gasteiger partial charge in [0.2, 0.25) is 0 Å². The monoisotopic (exact) mass is 403 g/mol. The molecule has 0 radical (unpaired) electrons. The fraction of sp³-hybridized carbons (Fsp3) is 0.562. The lowest BCUT2D eigenvalue weighted by atomic mass is 9.96. The van der Waals surface area contributed by atoms with Crippen LogP contribution in [0.3, 0.4) is 0 Å². The number of aliphatic imine (C=N–C) groups is 1. The van der Waals surface area contributed by atoms with Crippen molar-refractivity contribution >= 4 is 29.9 Å². The zero-order valence-corrected chi connectivity index (χ0v) is 15.4. The Hall–Kier alpha value is -0.980. The summed E-state index contributed by atoms with van der Waals surface area (Å²) in [5, 5.41) is 6.61. The van der Waals surface area contributed by atoms with Crippen LogP contribution in [0.5, 0.6) is 5.75 Å². The Morgan fingerprint density at radius 1 is 1.33 bits per heavy atom. The third kappa shape index (κ3) is 5.73. The molecule has 1 aliphatic carbocycles. The topological polar surface area (TPSA) is 45.7 Å². The van der Waals surface area contributed by atoms with Crippen LogP contribution in [0.4, 0.5) is 0 Å². The minimum atomic E-state index is 0. The second kappa shape index (κ2) is 9.12. The molecule has 1 fully saturated rings. The van der Waals surface area contributed by atoms with Crippen molar-refractivity contribution in [3.63, 3.8) is 0 Å². The molecule has 0 heterocycles. The fourth-order valence-corrected chi connectivity index (χ4v) is 2.08. The average Bonchev–Trinajstić information content (AvgIpc) is 2.39. The Labute approximate surface area is 144 Å². The molecule has 0 aliphatic heterocycles. The van der Waals surface area contributed by atoms with Gasteiger partial charge in [0.25, 0.3) is 0 Å². The van der Waals surface area contributed by atoms with Crippen LogP contribution in [-0.4, -0.2) is 25.2 Å². The van der Waals surface area contributed by atoms with Gasteiger partial charge in [-0.05, 0) is 39.2 Å². The molecule has 0 spiro atoms. The van der Waals surface area contributed by atoms with Crippen molar-refractivity contribution in [3.8, 4) is 5.75 Å². The summed E-state index contributed by atoms with van der Waals surface area (Å²) in [5.41, 5.74) is 1.17. The molecule has 0 unspecified atom stereocenters. The standard InChI is InChI=1S/C16H25N3O.HI/c1-12(2)19-16(17-3)18-11-13-7-4-5-10-15(13)20-14-8-6-9-14;/h4-5,7,10,12,14H,6,8-9,11H2,1-3H3,(H2,17,18,19);1H. The van der Waals surface area contributed by atoms with E-state index in [-0.39, 0.29) is 24.0 Å². The van der Waals surface area contributed by atoms with Crippen molar-refractivity contribution in [3.05, 3.63) is 29.8 Å². The summed E-state index contributed by atoms with van der Waals surface area (Å²) in [7, 11) is 1.79. The second-order valence-electron chi connectivity index (χ2n) is 5.50.